The Hall–Kier alpha value is -3.14. The van der Waals surface area contributed by atoms with Gasteiger partial charge in [-0.15, -0.1) is 11.8 Å². The van der Waals surface area contributed by atoms with Crippen molar-refractivity contribution in [1.29, 1.82) is 0 Å². The number of rotatable bonds is 11. The third-order valence-electron chi connectivity index (χ3n) is 8.78. The van der Waals surface area contributed by atoms with Gasteiger partial charge in [0.25, 0.3) is 0 Å². The molecule has 0 unspecified atom stereocenters. The summed E-state index contributed by atoms with van der Waals surface area (Å²) in [6.07, 6.45) is 6.39. The number of pyridine rings is 1. The lowest BCUT2D eigenvalue weighted by Crippen LogP contribution is -2.50. The van der Waals surface area contributed by atoms with Crippen molar-refractivity contribution in [2.75, 3.05) is 48.7 Å². The Labute approximate surface area is 275 Å². The van der Waals surface area contributed by atoms with Crippen molar-refractivity contribution in [2.24, 2.45) is 0 Å². The molecule has 0 atom stereocenters. The number of nitrogens with one attached hydrogen (secondary N) is 1. The first-order valence-electron chi connectivity index (χ1n) is 16.7. The number of piperazine rings is 1. The second kappa shape index (κ2) is 15.2. The summed E-state index contributed by atoms with van der Waals surface area (Å²) in [5.74, 6) is 1.51. The van der Waals surface area contributed by atoms with E-state index in [-0.39, 0.29) is 6.09 Å². The minimum absolute atomic E-state index is 0.227. The fourth-order valence-corrected chi connectivity index (χ4v) is 7.45. The van der Waals surface area contributed by atoms with Gasteiger partial charge in [-0.2, -0.15) is 13.2 Å². The van der Waals surface area contributed by atoms with Gasteiger partial charge in [0.1, 0.15) is 5.60 Å². The third kappa shape index (κ3) is 9.23. The normalized spacial score (nSPS) is 16.3. The number of anilines is 2. The van der Waals surface area contributed by atoms with Crippen molar-refractivity contribution in [3.05, 3.63) is 59.8 Å². The zero-order valence-electron chi connectivity index (χ0n) is 27.3. The maximum atomic E-state index is 13.1. The van der Waals surface area contributed by atoms with Crippen LogP contribution in [0.5, 0.6) is 0 Å². The molecule has 6 nitrogen and oxygen atoms in total. The van der Waals surface area contributed by atoms with Gasteiger partial charge >= 0.3 is 12.3 Å². The van der Waals surface area contributed by atoms with Gasteiger partial charge in [-0.25, -0.2) is 4.79 Å². The van der Waals surface area contributed by atoms with Crippen LogP contribution < -0.4 is 10.2 Å². The molecule has 10 heteroatoms. The highest BCUT2D eigenvalue weighted by Crippen LogP contribution is 2.41. The van der Waals surface area contributed by atoms with Crippen molar-refractivity contribution < 1.29 is 22.7 Å². The van der Waals surface area contributed by atoms with Crippen LogP contribution in [0.25, 0.3) is 10.9 Å². The number of benzene rings is 2. The molecule has 250 valence electrons. The van der Waals surface area contributed by atoms with Gasteiger partial charge in [0.2, 0.25) is 0 Å². The first kappa shape index (κ1) is 34.2. The summed E-state index contributed by atoms with van der Waals surface area (Å²) in [5, 5.41) is 4.43. The molecule has 2 aromatic carbocycles. The molecule has 1 amide bonds. The zero-order valence-corrected chi connectivity index (χ0v) is 28.1. The van der Waals surface area contributed by atoms with Gasteiger partial charge in [0, 0.05) is 60.6 Å². The van der Waals surface area contributed by atoms with Gasteiger partial charge in [-0.3, -0.25) is 4.98 Å². The monoisotopic (exact) mass is 656 g/mol. The summed E-state index contributed by atoms with van der Waals surface area (Å²) in [6, 6.07) is 12.5. The molecule has 1 N–H and O–H groups in total. The van der Waals surface area contributed by atoms with E-state index in [2.05, 4.69) is 33.4 Å². The minimum Gasteiger partial charge on any atom is -0.444 e. The molecule has 5 rings (SSSR count). The van der Waals surface area contributed by atoms with E-state index in [4.69, 9.17) is 4.74 Å². The highest BCUT2D eigenvalue weighted by Gasteiger charge is 2.31. The molecule has 3 aromatic rings. The van der Waals surface area contributed by atoms with Crippen LogP contribution in [0.3, 0.4) is 0 Å². The number of amides is 1. The number of aromatic nitrogens is 1. The first-order chi connectivity index (χ1) is 22.0. The predicted octanol–water partition coefficient (Wildman–Crippen LogP) is 9.73. The maximum Gasteiger partial charge on any atom is 0.416 e. The van der Waals surface area contributed by atoms with Crippen LogP contribution >= 0.6 is 11.8 Å². The highest BCUT2D eigenvalue weighted by molar-refractivity contribution is 7.99. The summed E-state index contributed by atoms with van der Waals surface area (Å²) >= 11 is 1.69. The molecule has 0 spiro atoms. The fraction of sp³-hybridized carbons (Fsp3) is 0.556. The molecular formula is C36H47F3N4O2S. The molecule has 2 aliphatic rings. The molecule has 0 radical (unpaired) electrons. The molecule has 1 aromatic heterocycles. The van der Waals surface area contributed by atoms with E-state index in [1.165, 1.54) is 48.7 Å². The molecular weight excluding hydrogens is 609 g/mol. The number of halogens is 3. The number of hydrogen-bond acceptors (Lipinski definition) is 6. The average Bonchev–Trinajstić information content (AvgIpc) is 3.56. The Morgan fingerprint density at radius 1 is 0.957 bits per heavy atom. The second-order valence-corrected chi connectivity index (χ2v) is 14.6. The van der Waals surface area contributed by atoms with Crippen molar-refractivity contribution >= 4 is 40.1 Å². The Morgan fingerprint density at radius 3 is 2.41 bits per heavy atom. The molecule has 1 aliphatic carbocycles. The Bertz CT molecular complexity index is 1460. The number of thioether (sulfide) groups is 1. The van der Waals surface area contributed by atoms with E-state index in [1.807, 2.05) is 31.7 Å². The van der Waals surface area contributed by atoms with Crippen LogP contribution in [0.15, 0.2) is 53.6 Å². The van der Waals surface area contributed by atoms with Crippen molar-refractivity contribution in [3.63, 3.8) is 0 Å². The van der Waals surface area contributed by atoms with Crippen LogP contribution in [-0.2, 0) is 10.9 Å². The first-order valence-corrected chi connectivity index (χ1v) is 17.7. The van der Waals surface area contributed by atoms with Gasteiger partial charge < -0.3 is 19.9 Å². The van der Waals surface area contributed by atoms with Crippen LogP contribution in [0.1, 0.15) is 89.2 Å². The zero-order chi connectivity index (χ0) is 32.7. The van der Waals surface area contributed by atoms with Gasteiger partial charge in [-0.05, 0) is 100 Å². The summed E-state index contributed by atoms with van der Waals surface area (Å²) in [6.45, 7) is 9.57. The number of ether oxygens (including phenoxy) is 1. The molecule has 1 saturated carbocycles. The van der Waals surface area contributed by atoms with E-state index < -0.39 is 17.3 Å². The van der Waals surface area contributed by atoms with Crippen LogP contribution in [0.2, 0.25) is 0 Å². The molecule has 46 heavy (non-hydrogen) atoms. The summed E-state index contributed by atoms with van der Waals surface area (Å²) in [7, 11) is 0. The largest absolute Gasteiger partial charge is 0.444 e. The van der Waals surface area contributed by atoms with Crippen LogP contribution in [0.4, 0.5) is 29.3 Å². The number of alkyl halides is 3. The molecule has 1 saturated heterocycles. The SMILES string of the molecule is CC(C)(C)OC(=O)N1CCN(c2ccc(NCCCCCCSc3ccnc4cc(C(F)(F)F)ccc34)cc2C2CCCC2)CC1. The standard InChI is InChI=1S/C36H47F3N4O2S/c1-35(2,3)45-34(44)43-21-19-42(20-22-43)32-15-13-28(25-30(32)26-10-6-7-11-26)40-17-8-4-5-9-23-46-33-16-18-41-31-24-27(36(37,38)39)12-14-29(31)33/h12-16,18,24-26,40H,4-11,17,19-23H2,1-3H3. The van der Waals surface area contributed by atoms with Gasteiger partial charge in [0.05, 0.1) is 11.1 Å². The molecule has 0 bridgehead atoms. The Kier molecular flexibility index (Phi) is 11.3. The van der Waals surface area contributed by atoms with Crippen molar-refractivity contribution in [2.45, 2.75) is 94.7 Å². The van der Waals surface area contributed by atoms with Crippen LogP contribution in [-0.4, -0.2) is 60.1 Å². The minimum atomic E-state index is -4.36. The Morgan fingerprint density at radius 2 is 1.70 bits per heavy atom. The highest BCUT2D eigenvalue weighted by atomic mass is 32.2. The third-order valence-corrected chi connectivity index (χ3v) is 9.94. The average molecular weight is 657 g/mol. The number of carbonyl (C=O) groups is 1. The summed E-state index contributed by atoms with van der Waals surface area (Å²) in [4.78, 5) is 21.9. The van der Waals surface area contributed by atoms with Gasteiger partial charge in [-0.1, -0.05) is 31.7 Å². The second-order valence-electron chi connectivity index (χ2n) is 13.4. The van der Waals surface area contributed by atoms with Gasteiger partial charge in [0.15, 0.2) is 0 Å². The summed E-state index contributed by atoms with van der Waals surface area (Å²) in [5.41, 5.74) is 3.15. The molecule has 2 heterocycles. The lowest BCUT2D eigenvalue weighted by molar-refractivity contribution is -0.137. The lowest BCUT2D eigenvalue weighted by atomic mass is 9.94. The van der Waals surface area contributed by atoms with Crippen LogP contribution in [0, 0.1) is 0 Å². The number of hydrogen-bond donors (Lipinski definition) is 1. The Balaban J connectivity index is 1.06. The number of carbonyl (C=O) groups excluding carboxylic acids is 1. The van der Waals surface area contributed by atoms with E-state index in [0.717, 1.165) is 73.5 Å². The predicted molar refractivity (Wildman–Crippen MR) is 182 cm³/mol. The number of fused-ring (bicyclic) bond motifs is 1. The summed E-state index contributed by atoms with van der Waals surface area (Å²) < 4.78 is 44.8. The van der Waals surface area contributed by atoms with Crippen molar-refractivity contribution in [3.8, 4) is 0 Å². The molecule has 1 aliphatic heterocycles. The van der Waals surface area contributed by atoms with E-state index in [9.17, 15) is 18.0 Å². The van der Waals surface area contributed by atoms with Crippen molar-refractivity contribution in [1.82, 2.24) is 9.88 Å². The number of unbranched alkanes of at least 4 members (excludes halogenated alkanes) is 3. The smallest absolute Gasteiger partial charge is 0.416 e. The van der Waals surface area contributed by atoms with E-state index in [1.54, 1.807) is 18.0 Å². The number of nitrogens with zero attached hydrogens (tertiary/aromatic N) is 3. The van der Waals surface area contributed by atoms with E-state index >= 15 is 0 Å². The quantitative estimate of drug-likeness (QED) is 0.164. The molecule has 2 fully saturated rings. The van der Waals surface area contributed by atoms with E-state index in [0.29, 0.717) is 24.5 Å². The lowest BCUT2D eigenvalue weighted by Gasteiger charge is -2.38. The maximum absolute atomic E-state index is 13.1. The fourth-order valence-electron chi connectivity index (χ4n) is 6.39. The topological polar surface area (TPSA) is 57.7 Å².